The zero-order valence-corrected chi connectivity index (χ0v) is 15.3. The van der Waals surface area contributed by atoms with Crippen LogP contribution in [0.1, 0.15) is 11.1 Å². The normalized spacial score (nSPS) is 10.4. The number of nitrogen functional groups attached to an aromatic ring is 1. The lowest BCUT2D eigenvalue weighted by Crippen LogP contribution is -2.07. The van der Waals surface area contributed by atoms with Gasteiger partial charge in [0.05, 0.1) is 5.56 Å². The van der Waals surface area contributed by atoms with Crippen LogP contribution in [0.5, 0.6) is 0 Å². The van der Waals surface area contributed by atoms with Gasteiger partial charge >= 0.3 is 0 Å². The third kappa shape index (κ3) is 3.49. The molecule has 27 heavy (non-hydrogen) atoms. The molecule has 3 N–H and O–H groups in total. The van der Waals surface area contributed by atoms with E-state index in [1.807, 2.05) is 50.8 Å². The molecule has 4 rings (SSSR count). The van der Waals surface area contributed by atoms with Crippen molar-refractivity contribution in [2.45, 2.75) is 0 Å². The fourth-order valence-corrected chi connectivity index (χ4v) is 2.92. The highest BCUT2D eigenvalue weighted by Crippen LogP contribution is 2.26. The van der Waals surface area contributed by atoms with E-state index in [4.69, 9.17) is 5.73 Å². The minimum absolute atomic E-state index is 0.738. The monoisotopic (exact) mass is 352 g/mol. The molecule has 0 aliphatic carbocycles. The average Bonchev–Trinajstić information content (AvgIpc) is 3.10. The van der Waals surface area contributed by atoms with Crippen LogP contribution < -0.4 is 10.6 Å². The van der Waals surface area contributed by atoms with E-state index in [0.717, 1.165) is 39.0 Å². The maximum Gasteiger partial charge on any atom is 0.138 e. The first-order valence-corrected chi connectivity index (χ1v) is 8.72. The predicted molar refractivity (Wildman–Crippen MR) is 113 cm³/mol. The summed E-state index contributed by atoms with van der Waals surface area (Å²) < 4.78 is 0. The first kappa shape index (κ1) is 16.7. The van der Waals surface area contributed by atoms with Gasteiger partial charge in [0.25, 0.3) is 0 Å². The summed E-state index contributed by atoms with van der Waals surface area (Å²) >= 11 is 0. The summed E-state index contributed by atoms with van der Waals surface area (Å²) in [7, 11) is 4.07. The molecule has 0 bridgehead atoms. The van der Waals surface area contributed by atoms with E-state index >= 15 is 0 Å². The van der Waals surface area contributed by atoms with Crippen LogP contribution >= 0.6 is 0 Å². The molecule has 4 aromatic rings. The van der Waals surface area contributed by atoms with Crippen molar-refractivity contribution in [1.82, 2.24) is 9.97 Å². The molecule has 2 heterocycles. The molecule has 4 heteroatoms. The highest BCUT2D eigenvalue weighted by Gasteiger charge is 2.06. The Labute approximate surface area is 158 Å². The molecule has 0 amide bonds. The Hall–Kier alpha value is -3.71. The fourth-order valence-electron chi connectivity index (χ4n) is 2.92. The highest BCUT2D eigenvalue weighted by atomic mass is 15.1. The van der Waals surface area contributed by atoms with Crippen molar-refractivity contribution >= 4 is 22.4 Å². The van der Waals surface area contributed by atoms with Crippen molar-refractivity contribution in [3.05, 3.63) is 78.1 Å². The average molecular weight is 352 g/mol. The fraction of sp³-hybridized carbons (Fsp3) is 0.0870. The largest absolute Gasteiger partial charge is 0.399 e. The van der Waals surface area contributed by atoms with E-state index in [2.05, 4.69) is 57.0 Å². The molecule has 2 aromatic carbocycles. The van der Waals surface area contributed by atoms with E-state index in [0.29, 0.717) is 0 Å². The quantitative estimate of drug-likeness (QED) is 0.418. The zero-order chi connectivity index (χ0) is 18.8. The van der Waals surface area contributed by atoms with Gasteiger partial charge in [0, 0.05) is 54.4 Å². The topological polar surface area (TPSA) is 57.9 Å². The number of hydrogen-bond acceptors (Lipinski definition) is 3. The molecule has 132 valence electrons. The van der Waals surface area contributed by atoms with Gasteiger partial charge in [-0.3, -0.25) is 0 Å². The van der Waals surface area contributed by atoms with Crippen molar-refractivity contribution in [1.29, 1.82) is 0 Å². The Morgan fingerprint density at radius 2 is 1.67 bits per heavy atom. The van der Waals surface area contributed by atoms with Gasteiger partial charge in [-0.25, -0.2) is 4.98 Å². The summed E-state index contributed by atoms with van der Waals surface area (Å²) in [6, 6.07) is 18.1. The number of benzene rings is 2. The minimum Gasteiger partial charge on any atom is -0.399 e. The van der Waals surface area contributed by atoms with Crippen molar-refractivity contribution in [3.8, 4) is 23.0 Å². The molecule has 0 atom stereocenters. The first-order chi connectivity index (χ1) is 13.1. The molecule has 0 spiro atoms. The molecule has 0 aliphatic heterocycles. The van der Waals surface area contributed by atoms with Gasteiger partial charge in [-0.2, -0.15) is 0 Å². The van der Waals surface area contributed by atoms with Gasteiger partial charge in [0.15, 0.2) is 0 Å². The second-order valence-electron chi connectivity index (χ2n) is 6.64. The lowest BCUT2D eigenvalue weighted by Gasteiger charge is -2.12. The number of anilines is 2. The summed E-state index contributed by atoms with van der Waals surface area (Å²) in [6.45, 7) is 0. The van der Waals surface area contributed by atoms with Crippen LogP contribution in [0.3, 0.4) is 0 Å². The summed E-state index contributed by atoms with van der Waals surface area (Å²) in [5, 5.41) is 1.02. The number of nitrogens with two attached hydrogens (primary N) is 1. The van der Waals surface area contributed by atoms with Gasteiger partial charge < -0.3 is 15.6 Å². The van der Waals surface area contributed by atoms with E-state index in [1.165, 1.54) is 5.69 Å². The number of hydrogen-bond donors (Lipinski definition) is 2. The van der Waals surface area contributed by atoms with Crippen LogP contribution in [0.25, 0.3) is 22.2 Å². The summed E-state index contributed by atoms with van der Waals surface area (Å²) in [5.74, 6) is 6.42. The predicted octanol–water partition coefficient (Wildman–Crippen LogP) is 4.28. The lowest BCUT2D eigenvalue weighted by molar-refractivity contribution is 1.13. The highest BCUT2D eigenvalue weighted by molar-refractivity contribution is 5.87. The van der Waals surface area contributed by atoms with E-state index in [-0.39, 0.29) is 0 Å². The summed E-state index contributed by atoms with van der Waals surface area (Å²) in [5.41, 5.74) is 12.5. The molecule has 0 radical (unpaired) electrons. The van der Waals surface area contributed by atoms with Crippen LogP contribution in [0.15, 0.2) is 67.0 Å². The summed E-state index contributed by atoms with van der Waals surface area (Å²) in [6.07, 6.45) is 3.79. The van der Waals surface area contributed by atoms with E-state index in [9.17, 15) is 0 Å². The van der Waals surface area contributed by atoms with Gasteiger partial charge in [0.1, 0.15) is 5.65 Å². The molecule has 4 nitrogen and oxygen atoms in total. The second kappa shape index (κ2) is 6.89. The lowest BCUT2D eigenvalue weighted by atomic mass is 10.0. The molecule has 0 fully saturated rings. The number of rotatable bonds is 2. The first-order valence-electron chi connectivity index (χ1n) is 8.72. The molecule has 2 aromatic heterocycles. The van der Waals surface area contributed by atoms with Crippen LogP contribution in [0, 0.1) is 11.8 Å². The number of pyridine rings is 1. The van der Waals surface area contributed by atoms with Gasteiger partial charge in [-0.15, -0.1) is 0 Å². The second-order valence-corrected chi connectivity index (χ2v) is 6.64. The number of aromatic nitrogens is 2. The Balaban J connectivity index is 1.70. The maximum atomic E-state index is 5.73. The van der Waals surface area contributed by atoms with Crippen LogP contribution in [0.4, 0.5) is 11.4 Å². The van der Waals surface area contributed by atoms with Crippen LogP contribution in [-0.4, -0.2) is 24.1 Å². The Kier molecular flexibility index (Phi) is 4.27. The third-order valence-electron chi connectivity index (χ3n) is 4.50. The Morgan fingerprint density at radius 1 is 0.926 bits per heavy atom. The molecule has 0 saturated heterocycles. The van der Waals surface area contributed by atoms with Gasteiger partial charge in [-0.05, 0) is 48.0 Å². The van der Waals surface area contributed by atoms with Crippen molar-refractivity contribution in [3.63, 3.8) is 0 Å². The standard InChI is InChI=1S/C23H20N4/c1-27(2)21-11-7-17(8-12-21)19-13-22-18(14-25-23(22)26-15-19)6-3-16-4-9-20(24)10-5-16/h4-5,7-15H,24H2,1-2H3,(H,25,26). The smallest absolute Gasteiger partial charge is 0.138 e. The van der Waals surface area contributed by atoms with Crippen molar-refractivity contribution in [2.75, 3.05) is 24.7 Å². The number of nitrogens with one attached hydrogen (secondary N) is 1. The maximum absolute atomic E-state index is 5.73. The third-order valence-corrected chi connectivity index (χ3v) is 4.50. The number of fused-ring (bicyclic) bond motifs is 1. The van der Waals surface area contributed by atoms with Gasteiger partial charge in [-0.1, -0.05) is 24.0 Å². The Morgan fingerprint density at radius 3 is 2.37 bits per heavy atom. The van der Waals surface area contributed by atoms with Gasteiger partial charge in [0.2, 0.25) is 0 Å². The molecular formula is C23H20N4. The molecule has 0 unspecified atom stereocenters. The molecule has 0 aliphatic rings. The minimum atomic E-state index is 0.738. The SMILES string of the molecule is CN(C)c1ccc(-c2cnc3[nH]cc(C#Cc4ccc(N)cc4)c3c2)cc1. The number of H-pyrrole nitrogens is 1. The number of aromatic amines is 1. The van der Waals surface area contributed by atoms with E-state index < -0.39 is 0 Å². The van der Waals surface area contributed by atoms with Crippen LogP contribution in [-0.2, 0) is 0 Å². The van der Waals surface area contributed by atoms with Crippen molar-refractivity contribution < 1.29 is 0 Å². The zero-order valence-electron chi connectivity index (χ0n) is 15.3. The molecule has 0 saturated carbocycles. The summed E-state index contributed by atoms with van der Waals surface area (Å²) in [4.78, 5) is 9.83. The Bertz CT molecular complexity index is 1140. The van der Waals surface area contributed by atoms with Crippen molar-refractivity contribution in [2.24, 2.45) is 0 Å². The molecular weight excluding hydrogens is 332 g/mol. The number of nitrogens with zero attached hydrogens (tertiary/aromatic N) is 2. The van der Waals surface area contributed by atoms with E-state index in [1.54, 1.807) is 0 Å². The van der Waals surface area contributed by atoms with Crippen LogP contribution in [0.2, 0.25) is 0 Å².